The molecule has 0 aliphatic heterocycles. The number of hydrogen-bond donors (Lipinski definition) is 1. The molecule has 3 aromatic rings. The predicted octanol–water partition coefficient (Wildman–Crippen LogP) is 4.69. The Balaban J connectivity index is 1.52. The number of nitrogens with zero attached hydrogens (tertiary/aromatic N) is 1. The van der Waals surface area contributed by atoms with Gasteiger partial charge in [-0.3, -0.25) is 0 Å². The summed E-state index contributed by atoms with van der Waals surface area (Å²) in [6.45, 7) is 1.80. The number of carbonyl (C=O) groups is 2. The van der Waals surface area contributed by atoms with E-state index >= 15 is 0 Å². The van der Waals surface area contributed by atoms with Crippen molar-refractivity contribution in [3.63, 3.8) is 0 Å². The van der Waals surface area contributed by atoms with Crippen molar-refractivity contribution < 1.29 is 29.0 Å². The minimum Gasteiger partial charge on any atom is -0.423 e. The van der Waals surface area contributed by atoms with Crippen LogP contribution in [0, 0.1) is 10.1 Å². The largest absolute Gasteiger partial charge is 0.423 e. The molecule has 9 nitrogen and oxygen atoms in total. The molecule has 0 aliphatic carbocycles. The van der Waals surface area contributed by atoms with Crippen LogP contribution in [0.2, 0.25) is 0 Å². The van der Waals surface area contributed by atoms with Crippen LogP contribution in [-0.4, -0.2) is 28.1 Å². The smallest absolute Gasteiger partial charge is 0.343 e. The molecule has 0 heterocycles. The van der Waals surface area contributed by atoms with Gasteiger partial charge in [0.05, 0.1) is 5.56 Å². The molecule has 0 amide bonds. The fourth-order valence-electron chi connectivity index (χ4n) is 3.23. The maximum absolute atomic E-state index is 12.5. The standard InChI is InChI=1S/C27H24N2O7S/c1-2-22(36-29(32)33)17-19-3-8-21(9-4-19)27(31)35-24-12-5-18(6-13-24)7-16-25(30)34-23-14-10-20(11-15-23)26(28)37/h3-16,22H,2,17H2,1H3,(H2,28,37)/b16-7+. The maximum Gasteiger partial charge on any atom is 0.343 e. The Kier molecular flexibility index (Phi) is 9.45. The van der Waals surface area contributed by atoms with Crippen molar-refractivity contribution in [1.82, 2.24) is 0 Å². The summed E-state index contributed by atoms with van der Waals surface area (Å²) in [7, 11) is 0. The van der Waals surface area contributed by atoms with Gasteiger partial charge in [0.1, 0.15) is 22.6 Å². The quantitative estimate of drug-likeness (QED) is 0.0955. The summed E-state index contributed by atoms with van der Waals surface area (Å²) in [5, 5.41) is 9.75. The third-order valence-corrected chi connectivity index (χ3v) is 5.44. The van der Waals surface area contributed by atoms with E-state index in [4.69, 9.17) is 27.4 Å². The van der Waals surface area contributed by atoms with Crippen molar-refractivity contribution in [2.24, 2.45) is 5.73 Å². The number of carbonyl (C=O) groups excluding carboxylic acids is 2. The van der Waals surface area contributed by atoms with Gasteiger partial charge in [0.25, 0.3) is 5.09 Å². The molecule has 1 unspecified atom stereocenters. The number of ether oxygens (including phenoxy) is 2. The second-order valence-electron chi connectivity index (χ2n) is 7.86. The zero-order valence-electron chi connectivity index (χ0n) is 19.9. The lowest BCUT2D eigenvalue weighted by Gasteiger charge is -2.12. The van der Waals surface area contributed by atoms with E-state index in [2.05, 4.69) is 4.84 Å². The molecule has 0 aromatic heterocycles. The van der Waals surface area contributed by atoms with Crippen LogP contribution in [0.5, 0.6) is 11.5 Å². The van der Waals surface area contributed by atoms with Gasteiger partial charge in [-0.25, -0.2) is 9.59 Å². The molecule has 0 saturated carbocycles. The predicted molar refractivity (Wildman–Crippen MR) is 141 cm³/mol. The molecule has 3 aromatic carbocycles. The molecular formula is C27H24N2O7S. The number of rotatable bonds is 11. The van der Waals surface area contributed by atoms with Gasteiger partial charge in [-0.1, -0.05) is 43.4 Å². The summed E-state index contributed by atoms with van der Waals surface area (Å²) in [6.07, 6.45) is 3.14. The molecule has 2 N–H and O–H groups in total. The van der Waals surface area contributed by atoms with E-state index in [1.165, 1.54) is 6.08 Å². The second-order valence-corrected chi connectivity index (χ2v) is 8.30. The normalized spacial score (nSPS) is 11.5. The van der Waals surface area contributed by atoms with Crippen LogP contribution in [0.15, 0.2) is 78.9 Å². The molecule has 3 rings (SSSR count). The van der Waals surface area contributed by atoms with E-state index in [-0.39, 0.29) is 4.99 Å². The summed E-state index contributed by atoms with van der Waals surface area (Å²) in [4.78, 5) is 39.9. The molecule has 0 radical (unpaired) electrons. The number of esters is 2. The molecular weight excluding hydrogens is 496 g/mol. The van der Waals surface area contributed by atoms with Gasteiger partial charge in [0, 0.05) is 11.6 Å². The van der Waals surface area contributed by atoms with E-state index in [0.717, 1.165) is 5.56 Å². The van der Waals surface area contributed by atoms with E-state index in [1.807, 2.05) is 0 Å². The summed E-state index contributed by atoms with van der Waals surface area (Å²) < 4.78 is 10.6. The van der Waals surface area contributed by atoms with Crippen molar-refractivity contribution in [3.8, 4) is 11.5 Å². The molecule has 190 valence electrons. The Morgan fingerprint density at radius 1 is 0.946 bits per heavy atom. The number of nitrogens with two attached hydrogens (primary N) is 1. The first-order valence-corrected chi connectivity index (χ1v) is 11.7. The lowest BCUT2D eigenvalue weighted by Crippen LogP contribution is -2.19. The molecule has 0 aliphatic rings. The first kappa shape index (κ1) is 27.0. The van der Waals surface area contributed by atoms with Gasteiger partial charge in [0.2, 0.25) is 0 Å². The van der Waals surface area contributed by atoms with Crippen molar-refractivity contribution in [3.05, 3.63) is 111 Å². The second kappa shape index (κ2) is 12.9. The van der Waals surface area contributed by atoms with Gasteiger partial charge >= 0.3 is 11.9 Å². The summed E-state index contributed by atoms with van der Waals surface area (Å²) in [6, 6.07) is 19.7. The van der Waals surface area contributed by atoms with Crippen molar-refractivity contribution in [2.45, 2.75) is 25.9 Å². The van der Waals surface area contributed by atoms with Crippen LogP contribution in [0.25, 0.3) is 6.08 Å². The minimum atomic E-state index is -0.799. The van der Waals surface area contributed by atoms with E-state index in [0.29, 0.717) is 41.0 Å². The van der Waals surface area contributed by atoms with Crippen molar-refractivity contribution in [1.29, 1.82) is 0 Å². The zero-order chi connectivity index (χ0) is 26.8. The Hall–Kier alpha value is -4.57. The molecule has 0 fully saturated rings. The van der Waals surface area contributed by atoms with Crippen LogP contribution in [-0.2, 0) is 16.1 Å². The van der Waals surface area contributed by atoms with E-state index in [1.54, 1.807) is 85.8 Å². The van der Waals surface area contributed by atoms with Crippen LogP contribution in [0.1, 0.15) is 40.4 Å². The van der Waals surface area contributed by atoms with Crippen LogP contribution in [0.3, 0.4) is 0 Å². The average molecular weight is 521 g/mol. The van der Waals surface area contributed by atoms with E-state index < -0.39 is 23.1 Å². The van der Waals surface area contributed by atoms with E-state index in [9.17, 15) is 19.7 Å². The Bertz CT molecular complexity index is 1290. The van der Waals surface area contributed by atoms with Gasteiger partial charge < -0.3 is 20.0 Å². The van der Waals surface area contributed by atoms with Crippen molar-refractivity contribution >= 4 is 35.2 Å². The third-order valence-electron chi connectivity index (χ3n) is 5.20. The number of hydrogen-bond acceptors (Lipinski definition) is 8. The third kappa shape index (κ3) is 8.55. The minimum absolute atomic E-state index is 0.257. The lowest BCUT2D eigenvalue weighted by molar-refractivity contribution is -0.768. The molecule has 37 heavy (non-hydrogen) atoms. The fraction of sp³-hybridized carbons (Fsp3) is 0.148. The highest BCUT2D eigenvalue weighted by molar-refractivity contribution is 7.80. The van der Waals surface area contributed by atoms with Gasteiger partial charge in [-0.2, -0.15) is 0 Å². The van der Waals surface area contributed by atoms with Crippen LogP contribution in [0.4, 0.5) is 0 Å². The average Bonchev–Trinajstić information content (AvgIpc) is 2.88. The molecule has 0 bridgehead atoms. The Morgan fingerprint density at radius 3 is 2.08 bits per heavy atom. The zero-order valence-corrected chi connectivity index (χ0v) is 20.7. The van der Waals surface area contributed by atoms with Crippen LogP contribution < -0.4 is 15.2 Å². The summed E-state index contributed by atoms with van der Waals surface area (Å²) in [5.41, 5.74) is 8.06. The monoisotopic (exact) mass is 520 g/mol. The molecule has 0 spiro atoms. The molecule has 10 heteroatoms. The lowest BCUT2D eigenvalue weighted by atomic mass is 10.0. The van der Waals surface area contributed by atoms with Gasteiger partial charge in [0.15, 0.2) is 0 Å². The van der Waals surface area contributed by atoms with Crippen molar-refractivity contribution in [2.75, 3.05) is 0 Å². The van der Waals surface area contributed by atoms with Crippen LogP contribution >= 0.6 is 12.2 Å². The Morgan fingerprint density at radius 2 is 1.51 bits per heavy atom. The Labute approximate surface area is 218 Å². The summed E-state index contributed by atoms with van der Waals surface area (Å²) in [5.74, 6) is -0.414. The van der Waals surface area contributed by atoms with Gasteiger partial charge in [-0.15, -0.1) is 10.1 Å². The first-order valence-electron chi connectivity index (χ1n) is 11.3. The highest BCUT2D eigenvalue weighted by atomic mass is 32.1. The first-order chi connectivity index (χ1) is 17.7. The molecule has 1 atom stereocenters. The topological polar surface area (TPSA) is 131 Å². The fourth-order valence-corrected chi connectivity index (χ4v) is 3.37. The number of thiocarbonyl (C=S) groups is 1. The number of benzene rings is 3. The maximum atomic E-state index is 12.5. The van der Waals surface area contributed by atoms with Gasteiger partial charge in [-0.05, 0) is 78.6 Å². The SMILES string of the molecule is CCC(Cc1ccc(C(=O)Oc2ccc(/C=C/C(=O)Oc3ccc(C(N)=S)cc3)cc2)cc1)O[N+](=O)[O-]. The molecule has 0 saturated heterocycles. The highest BCUT2D eigenvalue weighted by Crippen LogP contribution is 2.17. The highest BCUT2D eigenvalue weighted by Gasteiger charge is 2.13. The summed E-state index contributed by atoms with van der Waals surface area (Å²) >= 11 is 4.89.